The van der Waals surface area contributed by atoms with Gasteiger partial charge in [-0.25, -0.2) is 9.78 Å². The van der Waals surface area contributed by atoms with Crippen LogP contribution in [0.5, 0.6) is 0 Å². The number of rotatable bonds is 4. The molecule has 8 heteroatoms. The average molecular weight is 379 g/mol. The number of thiazole rings is 1. The van der Waals surface area contributed by atoms with E-state index in [0.29, 0.717) is 16.0 Å². The van der Waals surface area contributed by atoms with Gasteiger partial charge < -0.3 is 9.72 Å². The Morgan fingerprint density at radius 2 is 1.89 bits per heavy atom. The molecule has 0 aliphatic heterocycles. The molecule has 4 rings (SSSR count). The van der Waals surface area contributed by atoms with Crippen LogP contribution >= 0.6 is 11.3 Å². The number of esters is 1. The number of para-hydroxylation sites is 2. The number of hydrogen-bond donors (Lipinski definition) is 2. The predicted molar refractivity (Wildman–Crippen MR) is 103 cm³/mol. The van der Waals surface area contributed by atoms with Crippen LogP contribution in [-0.4, -0.2) is 28.5 Å². The van der Waals surface area contributed by atoms with Crippen molar-refractivity contribution in [2.45, 2.75) is 0 Å². The zero-order valence-electron chi connectivity index (χ0n) is 13.9. The van der Waals surface area contributed by atoms with Crippen molar-refractivity contribution < 1.29 is 14.3 Å². The number of carbonyl (C=O) groups is 2. The van der Waals surface area contributed by atoms with Crippen LogP contribution in [-0.2, 0) is 9.53 Å². The summed E-state index contributed by atoms with van der Waals surface area (Å²) in [5.74, 6) is -1.24. The predicted octanol–water partition coefficient (Wildman–Crippen LogP) is 2.93. The van der Waals surface area contributed by atoms with Crippen molar-refractivity contribution in [3.8, 4) is 0 Å². The van der Waals surface area contributed by atoms with Gasteiger partial charge in [-0.05, 0) is 18.2 Å². The van der Waals surface area contributed by atoms with E-state index in [1.807, 2.05) is 24.3 Å². The summed E-state index contributed by atoms with van der Waals surface area (Å²) < 4.78 is 6.02. The second kappa shape index (κ2) is 7.00. The quantitative estimate of drug-likeness (QED) is 0.531. The lowest BCUT2D eigenvalue weighted by atomic mass is 10.1. The molecule has 0 radical (unpaired) electrons. The number of H-pyrrole nitrogens is 1. The van der Waals surface area contributed by atoms with E-state index in [2.05, 4.69) is 15.3 Å². The van der Waals surface area contributed by atoms with Crippen LogP contribution in [0.2, 0.25) is 0 Å². The second-order valence-corrected chi connectivity index (χ2v) is 6.73. The number of amides is 1. The number of pyridine rings is 1. The monoisotopic (exact) mass is 379 g/mol. The van der Waals surface area contributed by atoms with Crippen molar-refractivity contribution in [3.05, 3.63) is 70.5 Å². The third-order valence-electron chi connectivity index (χ3n) is 3.85. The zero-order chi connectivity index (χ0) is 18.8. The van der Waals surface area contributed by atoms with Crippen molar-refractivity contribution >= 4 is 49.5 Å². The van der Waals surface area contributed by atoms with Gasteiger partial charge in [0.2, 0.25) is 5.56 Å². The molecule has 0 saturated carbocycles. The topological polar surface area (TPSA) is 101 Å². The van der Waals surface area contributed by atoms with Crippen LogP contribution < -0.4 is 10.9 Å². The van der Waals surface area contributed by atoms with Gasteiger partial charge in [0.25, 0.3) is 5.91 Å². The smallest absolute Gasteiger partial charge is 0.339 e. The summed E-state index contributed by atoms with van der Waals surface area (Å²) in [5.41, 5.74) is 1.00. The van der Waals surface area contributed by atoms with Crippen LogP contribution in [0, 0.1) is 0 Å². The molecular formula is C19H13N3O4S. The maximum Gasteiger partial charge on any atom is 0.339 e. The first-order chi connectivity index (χ1) is 13.1. The molecular weight excluding hydrogens is 366 g/mol. The Kier molecular flexibility index (Phi) is 4.39. The molecule has 2 N–H and O–H groups in total. The molecule has 2 heterocycles. The van der Waals surface area contributed by atoms with E-state index in [1.165, 1.54) is 11.3 Å². The Labute approximate surface area is 156 Å². The van der Waals surface area contributed by atoms with E-state index in [9.17, 15) is 14.4 Å². The Morgan fingerprint density at radius 1 is 1.11 bits per heavy atom. The van der Waals surface area contributed by atoms with Crippen LogP contribution in [0.1, 0.15) is 10.4 Å². The van der Waals surface area contributed by atoms with Crippen molar-refractivity contribution in [3.63, 3.8) is 0 Å². The molecule has 2 aromatic heterocycles. The molecule has 0 aliphatic carbocycles. The average Bonchev–Trinajstić information content (AvgIpc) is 3.07. The normalized spacial score (nSPS) is 10.8. The summed E-state index contributed by atoms with van der Waals surface area (Å²) >= 11 is 1.33. The highest BCUT2D eigenvalue weighted by Gasteiger charge is 2.15. The standard InChI is InChI=1S/C19H13N3O4S/c23-16-9-12(11-5-1-2-6-13(11)20-16)18(25)26-10-17(24)22-19-21-14-7-3-4-8-15(14)27-19/h1-9H,10H2,(H,20,23)(H,21,22,24). The van der Waals surface area contributed by atoms with E-state index < -0.39 is 24.0 Å². The first kappa shape index (κ1) is 16.9. The van der Waals surface area contributed by atoms with Gasteiger partial charge >= 0.3 is 5.97 Å². The largest absolute Gasteiger partial charge is 0.452 e. The zero-order valence-corrected chi connectivity index (χ0v) is 14.7. The first-order valence-corrected chi connectivity index (χ1v) is 8.86. The summed E-state index contributed by atoms with van der Waals surface area (Å²) in [5, 5.41) is 3.59. The molecule has 0 saturated heterocycles. The highest BCUT2D eigenvalue weighted by Crippen LogP contribution is 2.25. The lowest BCUT2D eigenvalue weighted by Gasteiger charge is -2.07. The van der Waals surface area contributed by atoms with Gasteiger partial charge in [0.05, 0.1) is 15.8 Å². The fourth-order valence-corrected chi connectivity index (χ4v) is 3.55. The van der Waals surface area contributed by atoms with E-state index in [4.69, 9.17) is 4.74 Å². The number of carbonyl (C=O) groups excluding carboxylic acids is 2. The number of anilines is 1. The molecule has 0 atom stereocenters. The second-order valence-electron chi connectivity index (χ2n) is 5.70. The van der Waals surface area contributed by atoms with Crippen LogP contribution in [0.4, 0.5) is 5.13 Å². The highest BCUT2D eigenvalue weighted by molar-refractivity contribution is 7.22. The summed E-state index contributed by atoms with van der Waals surface area (Å²) in [4.78, 5) is 43.1. The molecule has 27 heavy (non-hydrogen) atoms. The first-order valence-electron chi connectivity index (χ1n) is 8.05. The van der Waals surface area contributed by atoms with E-state index in [1.54, 1.807) is 24.3 Å². The van der Waals surface area contributed by atoms with Gasteiger partial charge in [0.15, 0.2) is 11.7 Å². The minimum atomic E-state index is -0.739. The van der Waals surface area contributed by atoms with Gasteiger partial charge in [-0.2, -0.15) is 0 Å². The number of nitrogens with zero attached hydrogens (tertiary/aromatic N) is 1. The summed E-state index contributed by atoms with van der Waals surface area (Å²) in [6.45, 7) is -0.476. The van der Waals surface area contributed by atoms with E-state index in [-0.39, 0.29) is 5.56 Å². The van der Waals surface area contributed by atoms with Gasteiger partial charge in [-0.1, -0.05) is 41.7 Å². The Bertz CT molecular complexity index is 1200. The van der Waals surface area contributed by atoms with Crippen molar-refractivity contribution in [1.29, 1.82) is 0 Å². The number of benzene rings is 2. The van der Waals surface area contributed by atoms with Gasteiger partial charge in [-0.15, -0.1) is 0 Å². The van der Waals surface area contributed by atoms with E-state index >= 15 is 0 Å². The SMILES string of the molecule is O=C(COC(=O)c1cc(=O)[nH]c2ccccc12)Nc1nc2ccccc2s1. The third-order valence-corrected chi connectivity index (χ3v) is 4.80. The van der Waals surface area contributed by atoms with Crippen molar-refractivity contribution in [2.75, 3.05) is 11.9 Å². The molecule has 0 aliphatic rings. The number of ether oxygens (including phenoxy) is 1. The molecule has 0 spiro atoms. The fourth-order valence-electron chi connectivity index (χ4n) is 2.66. The highest BCUT2D eigenvalue weighted by atomic mass is 32.1. The molecule has 0 fully saturated rings. The lowest BCUT2D eigenvalue weighted by Crippen LogP contribution is -2.21. The van der Waals surface area contributed by atoms with Crippen molar-refractivity contribution in [1.82, 2.24) is 9.97 Å². The molecule has 4 aromatic rings. The number of fused-ring (bicyclic) bond motifs is 2. The Balaban J connectivity index is 1.46. The van der Waals surface area contributed by atoms with Crippen molar-refractivity contribution in [2.24, 2.45) is 0 Å². The molecule has 2 aromatic carbocycles. The summed E-state index contributed by atoms with van der Waals surface area (Å²) in [7, 11) is 0. The van der Waals surface area contributed by atoms with Gasteiger partial charge in [0, 0.05) is 17.0 Å². The number of hydrogen-bond acceptors (Lipinski definition) is 6. The maximum absolute atomic E-state index is 12.3. The van der Waals surface area contributed by atoms with Gasteiger partial charge in [-0.3, -0.25) is 14.9 Å². The van der Waals surface area contributed by atoms with Crippen LogP contribution in [0.15, 0.2) is 59.4 Å². The molecule has 0 unspecified atom stereocenters. The van der Waals surface area contributed by atoms with Crippen LogP contribution in [0.25, 0.3) is 21.1 Å². The third kappa shape index (κ3) is 3.56. The number of nitrogens with one attached hydrogen (secondary N) is 2. The lowest BCUT2D eigenvalue weighted by molar-refractivity contribution is -0.119. The minimum Gasteiger partial charge on any atom is -0.452 e. The molecule has 7 nitrogen and oxygen atoms in total. The minimum absolute atomic E-state index is 0.113. The summed E-state index contributed by atoms with van der Waals surface area (Å²) in [6, 6.07) is 15.5. The molecule has 0 bridgehead atoms. The summed E-state index contributed by atoms with van der Waals surface area (Å²) in [6.07, 6.45) is 0. The maximum atomic E-state index is 12.3. The Morgan fingerprint density at radius 3 is 2.74 bits per heavy atom. The molecule has 134 valence electrons. The van der Waals surface area contributed by atoms with Crippen LogP contribution in [0.3, 0.4) is 0 Å². The Hall–Kier alpha value is -3.52. The number of aromatic amines is 1. The number of aromatic nitrogens is 2. The fraction of sp³-hybridized carbons (Fsp3) is 0.0526. The van der Waals surface area contributed by atoms with E-state index in [0.717, 1.165) is 16.3 Å². The molecule has 1 amide bonds. The van der Waals surface area contributed by atoms with Gasteiger partial charge in [0.1, 0.15) is 0 Å².